The number of rotatable bonds is 6. The summed E-state index contributed by atoms with van der Waals surface area (Å²) in [5.74, 6) is -0.327. The lowest BCUT2D eigenvalue weighted by molar-refractivity contribution is 0.266. The molecular weight excluding hydrogens is 389 g/mol. The van der Waals surface area contributed by atoms with Gasteiger partial charge in [-0.25, -0.2) is 4.39 Å². The van der Waals surface area contributed by atoms with Gasteiger partial charge in [0.2, 0.25) is 0 Å². The summed E-state index contributed by atoms with van der Waals surface area (Å²) in [5.41, 5.74) is 4.02. The van der Waals surface area contributed by atoms with Gasteiger partial charge in [-0.2, -0.15) is 0 Å². The molecule has 0 fully saturated rings. The lowest BCUT2D eigenvalue weighted by Gasteiger charge is -2.26. The lowest BCUT2D eigenvalue weighted by atomic mass is 10.0. The SMILES string of the molecule is Cc1ccc(C)c2[nH]c(=O)c(CN(CCCO)C(=S)Nc3ccc(F)cc3)cc12. The number of aliphatic hydroxyl groups excluding tert-OH is 1. The standard InChI is InChI=1S/C22H24FN3O2S/c1-14-4-5-15(2)20-19(14)12-16(21(28)25-20)13-26(10-3-11-27)22(29)24-18-8-6-17(23)7-9-18/h4-9,12,27H,3,10-11,13H2,1-2H3,(H,24,29)(H,25,28). The number of aryl methyl sites for hydroxylation is 2. The number of hydrogen-bond donors (Lipinski definition) is 3. The maximum Gasteiger partial charge on any atom is 0.253 e. The average Bonchev–Trinajstić information content (AvgIpc) is 2.70. The van der Waals surface area contributed by atoms with Gasteiger partial charge in [-0.15, -0.1) is 0 Å². The highest BCUT2D eigenvalue weighted by atomic mass is 32.1. The number of thiocarbonyl (C=S) groups is 1. The van der Waals surface area contributed by atoms with Crippen molar-refractivity contribution in [1.29, 1.82) is 0 Å². The second kappa shape index (κ2) is 9.15. The van der Waals surface area contributed by atoms with E-state index in [0.717, 1.165) is 22.0 Å². The van der Waals surface area contributed by atoms with Gasteiger partial charge >= 0.3 is 0 Å². The first-order valence-corrected chi connectivity index (χ1v) is 9.84. The molecule has 0 saturated carbocycles. The Kier molecular flexibility index (Phi) is 6.61. The Balaban J connectivity index is 1.88. The Labute approximate surface area is 174 Å². The van der Waals surface area contributed by atoms with Crippen molar-refractivity contribution in [3.8, 4) is 0 Å². The molecule has 0 unspecified atom stereocenters. The Morgan fingerprint density at radius 2 is 1.86 bits per heavy atom. The van der Waals surface area contributed by atoms with Gasteiger partial charge < -0.3 is 20.3 Å². The molecule has 0 aliphatic carbocycles. The van der Waals surface area contributed by atoms with Gasteiger partial charge in [0.25, 0.3) is 5.56 Å². The van der Waals surface area contributed by atoms with Crippen LogP contribution in [-0.2, 0) is 6.54 Å². The zero-order valence-electron chi connectivity index (χ0n) is 16.5. The maximum absolute atomic E-state index is 13.1. The van der Waals surface area contributed by atoms with E-state index in [1.807, 2.05) is 36.9 Å². The van der Waals surface area contributed by atoms with Gasteiger partial charge in [-0.1, -0.05) is 12.1 Å². The van der Waals surface area contributed by atoms with Gasteiger partial charge in [0.15, 0.2) is 5.11 Å². The summed E-state index contributed by atoms with van der Waals surface area (Å²) in [6.45, 7) is 4.77. The third kappa shape index (κ3) is 4.99. The molecule has 0 spiro atoms. The van der Waals surface area contributed by atoms with Gasteiger partial charge in [-0.3, -0.25) is 4.79 Å². The van der Waals surface area contributed by atoms with Crippen LogP contribution in [0.2, 0.25) is 0 Å². The minimum atomic E-state index is -0.327. The number of anilines is 1. The van der Waals surface area contributed by atoms with Crippen LogP contribution in [0.15, 0.2) is 47.3 Å². The number of aliphatic hydroxyl groups is 1. The summed E-state index contributed by atoms with van der Waals surface area (Å²) in [4.78, 5) is 17.5. The number of H-pyrrole nitrogens is 1. The minimum absolute atomic E-state index is 0.0159. The first-order chi connectivity index (χ1) is 13.9. The molecule has 2 aromatic carbocycles. The van der Waals surface area contributed by atoms with Crippen molar-refractivity contribution < 1.29 is 9.50 Å². The van der Waals surface area contributed by atoms with Crippen LogP contribution in [0.4, 0.5) is 10.1 Å². The van der Waals surface area contributed by atoms with E-state index in [4.69, 9.17) is 12.2 Å². The number of aromatic nitrogens is 1. The molecule has 3 aromatic rings. The Morgan fingerprint density at radius 3 is 2.55 bits per heavy atom. The Hall–Kier alpha value is -2.77. The number of nitrogens with one attached hydrogen (secondary N) is 2. The predicted octanol–water partition coefficient (Wildman–Crippen LogP) is 3.87. The van der Waals surface area contributed by atoms with E-state index in [1.54, 1.807) is 12.1 Å². The molecule has 0 radical (unpaired) electrons. The monoisotopic (exact) mass is 413 g/mol. The second-order valence-corrected chi connectivity index (χ2v) is 7.43. The molecule has 0 aliphatic rings. The molecule has 1 heterocycles. The van der Waals surface area contributed by atoms with Crippen LogP contribution in [0.25, 0.3) is 10.9 Å². The molecule has 29 heavy (non-hydrogen) atoms. The summed E-state index contributed by atoms with van der Waals surface area (Å²) in [7, 11) is 0. The summed E-state index contributed by atoms with van der Waals surface area (Å²) >= 11 is 5.52. The molecule has 0 saturated heterocycles. The number of halogens is 1. The number of pyridine rings is 1. The van der Waals surface area contributed by atoms with Gasteiger partial charge in [0.1, 0.15) is 5.82 Å². The van der Waals surface area contributed by atoms with Crippen molar-refractivity contribution in [3.63, 3.8) is 0 Å². The van der Waals surface area contributed by atoms with Crippen LogP contribution in [0.3, 0.4) is 0 Å². The Bertz CT molecular complexity index is 1080. The van der Waals surface area contributed by atoms with E-state index >= 15 is 0 Å². The number of hydrogen-bond acceptors (Lipinski definition) is 3. The van der Waals surface area contributed by atoms with Crippen molar-refractivity contribution in [2.75, 3.05) is 18.5 Å². The van der Waals surface area contributed by atoms with Crippen LogP contribution in [0.5, 0.6) is 0 Å². The molecular formula is C22H24FN3O2S. The Morgan fingerprint density at radius 1 is 1.17 bits per heavy atom. The van der Waals surface area contributed by atoms with Crippen molar-refractivity contribution >= 4 is 33.9 Å². The smallest absolute Gasteiger partial charge is 0.253 e. The summed E-state index contributed by atoms with van der Waals surface area (Å²) in [6, 6.07) is 11.8. The fourth-order valence-corrected chi connectivity index (χ4v) is 3.46. The van der Waals surface area contributed by atoms with Gasteiger partial charge in [0, 0.05) is 29.8 Å². The van der Waals surface area contributed by atoms with Gasteiger partial charge in [-0.05, 0) is 73.9 Å². The van der Waals surface area contributed by atoms with Crippen LogP contribution in [-0.4, -0.2) is 33.3 Å². The van der Waals surface area contributed by atoms with Crippen LogP contribution in [0.1, 0.15) is 23.1 Å². The molecule has 0 atom stereocenters. The summed E-state index contributed by atoms with van der Waals surface area (Å²) in [5, 5.41) is 13.7. The molecule has 3 N–H and O–H groups in total. The lowest BCUT2D eigenvalue weighted by Crippen LogP contribution is -2.37. The number of benzene rings is 2. The molecule has 5 nitrogen and oxygen atoms in total. The van der Waals surface area contributed by atoms with Gasteiger partial charge in [0.05, 0.1) is 12.1 Å². The zero-order valence-corrected chi connectivity index (χ0v) is 17.3. The molecule has 7 heteroatoms. The molecule has 152 valence electrons. The molecule has 0 amide bonds. The highest BCUT2D eigenvalue weighted by Gasteiger charge is 2.14. The summed E-state index contributed by atoms with van der Waals surface area (Å²) < 4.78 is 13.1. The van der Waals surface area contributed by atoms with Crippen molar-refractivity contribution in [1.82, 2.24) is 9.88 Å². The average molecular weight is 414 g/mol. The highest BCUT2D eigenvalue weighted by molar-refractivity contribution is 7.80. The highest BCUT2D eigenvalue weighted by Crippen LogP contribution is 2.20. The summed E-state index contributed by atoms with van der Waals surface area (Å²) in [6.07, 6.45) is 0.509. The van der Waals surface area contributed by atoms with Crippen LogP contribution in [0, 0.1) is 19.7 Å². The van der Waals surface area contributed by atoms with Crippen molar-refractivity contribution in [3.05, 3.63) is 75.3 Å². The first-order valence-electron chi connectivity index (χ1n) is 9.43. The topological polar surface area (TPSA) is 68.4 Å². The third-order valence-electron chi connectivity index (χ3n) is 4.85. The van der Waals surface area contributed by atoms with Crippen molar-refractivity contribution in [2.24, 2.45) is 0 Å². The largest absolute Gasteiger partial charge is 0.396 e. The molecule has 0 bridgehead atoms. The zero-order chi connectivity index (χ0) is 21.0. The first kappa shape index (κ1) is 21.0. The number of fused-ring (bicyclic) bond motifs is 1. The molecule has 0 aliphatic heterocycles. The van der Waals surface area contributed by atoms with Crippen LogP contribution >= 0.6 is 12.2 Å². The van der Waals surface area contributed by atoms with Crippen molar-refractivity contribution in [2.45, 2.75) is 26.8 Å². The number of aromatic amines is 1. The third-order valence-corrected chi connectivity index (χ3v) is 5.21. The van der Waals surface area contributed by atoms with E-state index in [-0.39, 0.29) is 18.0 Å². The minimum Gasteiger partial charge on any atom is -0.396 e. The maximum atomic E-state index is 13.1. The number of nitrogens with zero attached hydrogens (tertiary/aromatic N) is 1. The fourth-order valence-electron chi connectivity index (χ4n) is 3.19. The normalized spacial score (nSPS) is 10.9. The van der Waals surface area contributed by atoms with E-state index in [2.05, 4.69) is 10.3 Å². The van der Waals surface area contributed by atoms with E-state index in [9.17, 15) is 14.3 Å². The predicted molar refractivity (Wildman–Crippen MR) is 119 cm³/mol. The second-order valence-electron chi connectivity index (χ2n) is 7.05. The van der Waals surface area contributed by atoms with E-state index in [0.29, 0.717) is 35.9 Å². The van der Waals surface area contributed by atoms with E-state index < -0.39 is 0 Å². The quantitative estimate of drug-likeness (QED) is 0.536. The van der Waals surface area contributed by atoms with Crippen LogP contribution < -0.4 is 10.9 Å². The molecule has 1 aromatic heterocycles. The van der Waals surface area contributed by atoms with E-state index in [1.165, 1.54) is 12.1 Å². The fraction of sp³-hybridized carbons (Fsp3) is 0.273. The molecule has 3 rings (SSSR count).